The summed E-state index contributed by atoms with van der Waals surface area (Å²) < 4.78 is 10.8. The van der Waals surface area contributed by atoms with Gasteiger partial charge in [-0.05, 0) is 29.8 Å². The van der Waals surface area contributed by atoms with Gasteiger partial charge >= 0.3 is 0 Å². The van der Waals surface area contributed by atoms with Crippen molar-refractivity contribution in [3.63, 3.8) is 0 Å². The van der Waals surface area contributed by atoms with Crippen molar-refractivity contribution in [1.29, 1.82) is 5.26 Å². The van der Waals surface area contributed by atoms with E-state index >= 15 is 0 Å². The fourth-order valence-electron chi connectivity index (χ4n) is 1.67. The van der Waals surface area contributed by atoms with Crippen LogP contribution in [0.5, 0.6) is 11.5 Å². The number of hydrogen-bond donors (Lipinski definition) is 0. The highest BCUT2D eigenvalue weighted by molar-refractivity contribution is 6.42. The van der Waals surface area contributed by atoms with Crippen LogP contribution >= 0.6 is 23.2 Å². The molecule has 0 heterocycles. The van der Waals surface area contributed by atoms with E-state index in [0.717, 1.165) is 5.56 Å². The summed E-state index contributed by atoms with van der Waals surface area (Å²) in [5, 5.41) is 9.75. The number of nitrogens with zero attached hydrogens (tertiary/aromatic N) is 1. The number of hydrogen-bond acceptors (Lipinski definition) is 3. The van der Waals surface area contributed by atoms with Crippen LogP contribution in [0.4, 0.5) is 0 Å². The van der Waals surface area contributed by atoms with Gasteiger partial charge in [0.2, 0.25) is 0 Å². The molecule has 0 radical (unpaired) electrons. The van der Waals surface area contributed by atoms with Crippen molar-refractivity contribution in [2.75, 3.05) is 7.11 Å². The average Bonchev–Trinajstić information content (AvgIpc) is 2.48. The zero-order chi connectivity index (χ0) is 14.5. The minimum absolute atomic E-state index is 0.308. The highest BCUT2D eigenvalue weighted by Crippen LogP contribution is 2.32. The molecule has 2 aromatic rings. The van der Waals surface area contributed by atoms with Crippen molar-refractivity contribution in [2.45, 2.75) is 6.61 Å². The van der Waals surface area contributed by atoms with Crippen molar-refractivity contribution in [1.82, 2.24) is 0 Å². The van der Waals surface area contributed by atoms with E-state index in [1.165, 1.54) is 7.11 Å². The molecule has 0 bridgehead atoms. The Balaban J connectivity index is 2.15. The van der Waals surface area contributed by atoms with Gasteiger partial charge in [-0.2, -0.15) is 5.26 Å². The molecule has 0 aliphatic heterocycles. The third-order valence-electron chi connectivity index (χ3n) is 2.70. The van der Waals surface area contributed by atoms with E-state index in [1.54, 1.807) is 36.4 Å². The molecule has 0 unspecified atom stereocenters. The quantitative estimate of drug-likeness (QED) is 0.838. The predicted octanol–water partition coefficient (Wildman–Crippen LogP) is 4.45. The molecule has 0 atom stereocenters. The Morgan fingerprint density at radius 3 is 2.65 bits per heavy atom. The first-order chi connectivity index (χ1) is 9.65. The molecule has 0 saturated carbocycles. The van der Waals surface area contributed by atoms with Crippen molar-refractivity contribution in [3.8, 4) is 17.6 Å². The molecular weight excluding hydrogens is 297 g/mol. The van der Waals surface area contributed by atoms with Gasteiger partial charge in [0.25, 0.3) is 0 Å². The standard InChI is InChI=1S/C15H11Cl2NO2/c1-19-14-7-10(5-6-11(14)8-18)9-20-13-4-2-3-12(16)15(13)17/h2-7H,9H2,1H3. The Hall–Kier alpha value is -1.89. The SMILES string of the molecule is COc1cc(COc2cccc(Cl)c2Cl)ccc1C#N. The van der Waals surface area contributed by atoms with Crippen molar-refractivity contribution in [2.24, 2.45) is 0 Å². The van der Waals surface area contributed by atoms with E-state index in [1.807, 2.05) is 0 Å². The molecule has 0 amide bonds. The summed E-state index contributed by atoms with van der Waals surface area (Å²) in [6, 6.07) is 12.5. The monoisotopic (exact) mass is 307 g/mol. The summed E-state index contributed by atoms with van der Waals surface area (Å²) in [6.07, 6.45) is 0. The zero-order valence-electron chi connectivity index (χ0n) is 10.7. The van der Waals surface area contributed by atoms with Crippen LogP contribution in [0.1, 0.15) is 11.1 Å². The van der Waals surface area contributed by atoms with Gasteiger partial charge in [-0.15, -0.1) is 0 Å². The maximum absolute atomic E-state index is 8.92. The van der Waals surface area contributed by atoms with E-state index in [4.69, 9.17) is 37.9 Å². The van der Waals surface area contributed by atoms with Gasteiger partial charge in [-0.3, -0.25) is 0 Å². The van der Waals surface area contributed by atoms with Gasteiger partial charge in [0.05, 0.1) is 17.7 Å². The Morgan fingerprint density at radius 1 is 1.15 bits per heavy atom. The number of benzene rings is 2. The van der Waals surface area contributed by atoms with Crippen LogP contribution in [0.3, 0.4) is 0 Å². The Morgan fingerprint density at radius 2 is 1.95 bits per heavy atom. The highest BCUT2D eigenvalue weighted by atomic mass is 35.5. The van der Waals surface area contributed by atoms with E-state index in [0.29, 0.717) is 33.7 Å². The summed E-state index contributed by atoms with van der Waals surface area (Å²) in [6.45, 7) is 0.308. The molecule has 20 heavy (non-hydrogen) atoms. The first-order valence-electron chi connectivity index (χ1n) is 5.79. The van der Waals surface area contributed by atoms with Gasteiger partial charge in [0.15, 0.2) is 0 Å². The molecule has 0 aliphatic rings. The average molecular weight is 308 g/mol. The van der Waals surface area contributed by atoms with Gasteiger partial charge in [-0.25, -0.2) is 0 Å². The molecule has 5 heteroatoms. The van der Waals surface area contributed by atoms with Crippen molar-refractivity contribution in [3.05, 3.63) is 57.6 Å². The first-order valence-corrected chi connectivity index (χ1v) is 6.55. The molecule has 0 spiro atoms. The molecule has 0 aromatic heterocycles. The van der Waals surface area contributed by atoms with E-state index < -0.39 is 0 Å². The largest absolute Gasteiger partial charge is 0.495 e. The molecule has 102 valence electrons. The minimum atomic E-state index is 0.308. The van der Waals surface area contributed by atoms with Crippen LogP contribution < -0.4 is 9.47 Å². The number of methoxy groups -OCH3 is 1. The lowest BCUT2D eigenvalue weighted by molar-refractivity contribution is 0.305. The summed E-state index contributed by atoms with van der Waals surface area (Å²) in [5.41, 5.74) is 1.36. The second-order valence-corrected chi connectivity index (χ2v) is 4.77. The number of ether oxygens (including phenoxy) is 2. The van der Waals surface area contributed by atoms with Gasteiger partial charge in [-0.1, -0.05) is 35.3 Å². The van der Waals surface area contributed by atoms with Crippen LogP contribution in [0.15, 0.2) is 36.4 Å². The number of halogens is 2. The molecule has 2 rings (SSSR count). The molecule has 0 N–H and O–H groups in total. The highest BCUT2D eigenvalue weighted by Gasteiger charge is 2.07. The maximum atomic E-state index is 8.92. The predicted molar refractivity (Wildman–Crippen MR) is 78.5 cm³/mol. The topological polar surface area (TPSA) is 42.2 Å². The number of rotatable bonds is 4. The summed E-state index contributed by atoms with van der Waals surface area (Å²) in [4.78, 5) is 0. The summed E-state index contributed by atoms with van der Waals surface area (Å²) in [5.74, 6) is 1.04. The molecule has 2 aromatic carbocycles. The van der Waals surface area contributed by atoms with Crippen LogP contribution in [0.25, 0.3) is 0 Å². The van der Waals surface area contributed by atoms with E-state index in [2.05, 4.69) is 6.07 Å². The zero-order valence-corrected chi connectivity index (χ0v) is 12.2. The van der Waals surface area contributed by atoms with Crippen LogP contribution in [-0.4, -0.2) is 7.11 Å². The van der Waals surface area contributed by atoms with E-state index in [-0.39, 0.29) is 0 Å². The molecule has 0 saturated heterocycles. The van der Waals surface area contributed by atoms with Gasteiger partial charge in [0, 0.05) is 0 Å². The Kier molecular flexibility index (Phi) is 4.73. The fraction of sp³-hybridized carbons (Fsp3) is 0.133. The van der Waals surface area contributed by atoms with E-state index in [9.17, 15) is 0 Å². The second kappa shape index (κ2) is 6.51. The maximum Gasteiger partial charge on any atom is 0.139 e. The molecule has 0 aliphatic carbocycles. The first kappa shape index (κ1) is 14.5. The summed E-state index contributed by atoms with van der Waals surface area (Å²) in [7, 11) is 1.52. The smallest absolute Gasteiger partial charge is 0.139 e. The summed E-state index contributed by atoms with van der Waals surface area (Å²) >= 11 is 12.0. The number of nitriles is 1. The normalized spacial score (nSPS) is 9.90. The van der Waals surface area contributed by atoms with Gasteiger partial charge in [0.1, 0.15) is 29.2 Å². The minimum Gasteiger partial charge on any atom is -0.495 e. The van der Waals surface area contributed by atoms with Gasteiger partial charge < -0.3 is 9.47 Å². The Bertz CT molecular complexity index is 665. The fourth-order valence-corrected chi connectivity index (χ4v) is 2.02. The molecule has 0 fully saturated rings. The van der Waals surface area contributed by atoms with Crippen LogP contribution in [0.2, 0.25) is 10.0 Å². The third kappa shape index (κ3) is 3.16. The lowest BCUT2D eigenvalue weighted by Crippen LogP contribution is -1.98. The van der Waals surface area contributed by atoms with Crippen molar-refractivity contribution < 1.29 is 9.47 Å². The Labute approximate surface area is 127 Å². The lowest BCUT2D eigenvalue weighted by atomic mass is 10.1. The molecular formula is C15H11Cl2NO2. The van der Waals surface area contributed by atoms with Crippen LogP contribution in [0, 0.1) is 11.3 Å². The second-order valence-electron chi connectivity index (χ2n) is 3.99. The van der Waals surface area contributed by atoms with Crippen molar-refractivity contribution >= 4 is 23.2 Å². The van der Waals surface area contributed by atoms with Crippen LogP contribution in [-0.2, 0) is 6.61 Å². The third-order valence-corrected chi connectivity index (χ3v) is 3.50. The molecule has 3 nitrogen and oxygen atoms in total. The lowest BCUT2D eigenvalue weighted by Gasteiger charge is -2.10.